The van der Waals surface area contributed by atoms with E-state index in [0.29, 0.717) is 19.8 Å². The molecule has 0 aliphatic carbocycles. The van der Waals surface area contributed by atoms with Crippen molar-refractivity contribution in [3.63, 3.8) is 0 Å². The largest absolute Gasteiger partial charge is 0.327 e. The molecule has 0 saturated carbocycles. The summed E-state index contributed by atoms with van der Waals surface area (Å²) in [7, 11) is 0. The molecule has 3 nitrogen and oxygen atoms in total. The van der Waals surface area contributed by atoms with Crippen molar-refractivity contribution in [3.8, 4) is 0 Å². The van der Waals surface area contributed by atoms with Crippen molar-refractivity contribution in [2.45, 2.75) is 105 Å². The van der Waals surface area contributed by atoms with E-state index in [9.17, 15) is 0 Å². The molecule has 0 rings (SSSR count). The van der Waals surface area contributed by atoms with Crippen molar-refractivity contribution >= 4 is 0 Å². The Kier molecular flexibility index (Phi) is 15.3. The zero-order valence-corrected chi connectivity index (χ0v) is 16.5. The molecular formula is C20H42O3. The minimum atomic E-state index is -0.842. The van der Waals surface area contributed by atoms with Gasteiger partial charge in [-0.15, -0.1) is 0 Å². The standard InChI is InChI=1S/C20H42O3/c1-6-10-11-12-13-14-15-19(5)20(21-16-7-2,22-17-8-3)23-18-9-4/h19H,6-18H2,1-5H3. The van der Waals surface area contributed by atoms with Gasteiger partial charge in [-0.3, -0.25) is 0 Å². The van der Waals surface area contributed by atoms with Crippen LogP contribution >= 0.6 is 0 Å². The van der Waals surface area contributed by atoms with Crippen LogP contribution in [0.15, 0.2) is 0 Å². The Morgan fingerprint density at radius 2 is 1.04 bits per heavy atom. The van der Waals surface area contributed by atoms with Gasteiger partial charge in [0.15, 0.2) is 0 Å². The average molecular weight is 331 g/mol. The highest BCUT2D eigenvalue weighted by atomic mass is 16.9. The van der Waals surface area contributed by atoms with Crippen LogP contribution in [0.2, 0.25) is 0 Å². The third-order valence-corrected chi connectivity index (χ3v) is 4.12. The van der Waals surface area contributed by atoms with E-state index in [1.807, 2.05) is 0 Å². The first-order valence-corrected chi connectivity index (χ1v) is 10.1. The highest BCUT2D eigenvalue weighted by Crippen LogP contribution is 2.31. The molecule has 0 aromatic rings. The van der Waals surface area contributed by atoms with Crippen molar-refractivity contribution in [2.75, 3.05) is 19.8 Å². The lowest BCUT2D eigenvalue weighted by Crippen LogP contribution is -2.46. The molecule has 1 unspecified atom stereocenters. The van der Waals surface area contributed by atoms with Gasteiger partial charge in [0, 0.05) is 5.92 Å². The summed E-state index contributed by atoms with van der Waals surface area (Å²) in [5.41, 5.74) is 0. The molecule has 0 bridgehead atoms. The first-order chi connectivity index (χ1) is 11.2. The van der Waals surface area contributed by atoms with E-state index < -0.39 is 5.97 Å². The lowest BCUT2D eigenvalue weighted by Gasteiger charge is -2.38. The molecule has 1 atom stereocenters. The van der Waals surface area contributed by atoms with Crippen LogP contribution < -0.4 is 0 Å². The number of ether oxygens (including phenoxy) is 3. The molecule has 3 heteroatoms. The summed E-state index contributed by atoms with van der Waals surface area (Å²) in [6.07, 6.45) is 11.9. The van der Waals surface area contributed by atoms with E-state index in [1.165, 1.54) is 38.5 Å². The third-order valence-electron chi connectivity index (χ3n) is 4.12. The van der Waals surface area contributed by atoms with Gasteiger partial charge < -0.3 is 14.2 Å². The summed E-state index contributed by atoms with van der Waals surface area (Å²) in [6.45, 7) is 12.9. The molecule has 0 aromatic heterocycles. The van der Waals surface area contributed by atoms with E-state index in [1.54, 1.807) is 0 Å². The zero-order chi connectivity index (χ0) is 17.4. The molecule has 0 aromatic carbocycles. The topological polar surface area (TPSA) is 27.7 Å². The zero-order valence-electron chi connectivity index (χ0n) is 16.5. The average Bonchev–Trinajstić information content (AvgIpc) is 2.57. The quantitative estimate of drug-likeness (QED) is 0.231. The monoisotopic (exact) mass is 330 g/mol. The molecule has 23 heavy (non-hydrogen) atoms. The minimum absolute atomic E-state index is 0.262. The van der Waals surface area contributed by atoms with Crippen LogP contribution in [0, 0.1) is 5.92 Å². The molecular weight excluding hydrogens is 288 g/mol. The van der Waals surface area contributed by atoms with E-state index >= 15 is 0 Å². The highest BCUT2D eigenvalue weighted by molar-refractivity contribution is 4.69. The highest BCUT2D eigenvalue weighted by Gasteiger charge is 2.39. The molecule has 0 N–H and O–H groups in total. The van der Waals surface area contributed by atoms with Crippen LogP contribution in [0.5, 0.6) is 0 Å². The van der Waals surface area contributed by atoms with E-state index in [0.717, 1.165) is 25.7 Å². The van der Waals surface area contributed by atoms with E-state index in [-0.39, 0.29) is 5.92 Å². The minimum Gasteiger partial charge on any atom is -0.327 e. The second-order valence-corrected chi connectivity index (χ2v) is 6.61. The van der Waals surface area contributed by atoms with Crippen LogP contribution in [0.25, 0.3) is 0 Å². The van der Waals surface area contributed by atoms with Gasteiger partial charge in [-0.2, -0.15) is 0 Å². The van der Waals surface area contributed by atoms with Crippen LogP contribution in [0.1, 0.15) is 98.8 Å². The maximum absolute atomic E-state index is 6.10. The Morgan fingerprint density at radius 3 is 1.48 bits per heavy atom. The molecule has 0 saturated heterocycles. The van der Waals surface area contributed by atoms with Gasteiger partial charge in [0.05, 0.1) is 19.8 Å². The molecule has 140 valence electrons. The van der Waals surface area contributed by atoms with Gasteiger partial charge in [0.1, 0.15) is 0 Å². The molecule has 0 radical (unpaired) electrons. The molecule has 0 aliphatic rings. The normalized spacial score (nSPS) is 13.4. The smallest absolute Gasteiger partial charge is 0.285 e. The summed E-state index contributed by atoms with van der Waals surface area (Å²) in [5, 5.41) is 0. The van der Waals surface area contributed by atoms with Crippen molar-refractivity contribution in [1.82, 2.24) is 0 Å². The summed E-state index contributed by atoms with van der Waals surface area (Å²) >= 11 is 0. The fourth-order valence-electron chi connectivity index (χ4n) is 2.69. The predicted molar refractivity (Wildman–Crippen MR) is 98.6 cm³/mol. The lowest BCUT2D eigenvalue weighted by atomic mass is 9.99. The first-order valence-electron chi connectivity index (χ1n) is 10.1. The molecule has 0 aliphatic heterocycles. The van der Waals surface area contributed by atoms with Gasteiger partial charge in [0.25, 0.3) is 5.97 Å². The fourth-order valence-corrected chi connectivity index (χ4v) is 2.69. The summed E-state index contributed by atoms with van der Waals surface area (Å²) in [6, 6.07) is 0. The van der Waals surface area contributed by atoms with Gasteiger partial charge >= 0.3 is 0 Å². The molecule has 0 fully saturated rings. The Bertz CT molecular complexity index is 221. The third kappa shape index (κ3) is 10.4. The molecule has 0 amide bonds. The summed E-state index contributed by atoms with van der Waals surface area (Å²) in [5.74, 6) is -0.579. The Morgan fingerprint density at radius 1 is 0.609 bits per heavy atom. The fraction of sp³-hybridized carbons (Fsp3) is 1.00. The number of hydrogen-bond acceptors (Lipinski definition) is 3. The van der Waals surface area contributed by atoms with Crippen molar-refractivity contribution in [1.29, 1.82) is 0 Å². The Hall–Kier alpha value is -0.120. The lowest BCUT2D eigenvalue weighted by molar-refractivity contribution is -0.403. The van der Waals surface area contributed by atoms with Crippen molar-refractivity contribution in [3.05, 3.63) is 0 Å². The maximum Gasteiger partial charge on any atom is 0.285 e. The molecule has 0 heterocycles. The van der Waals surface area contributed by atoms with Crippen molar-refractivity contribution < 1.29 is 14.2 Å². The molecule has 0 spiro atoms. The van der Waals surface area contributed by atoms with Gasteiger partial charge in [0.2, 0.25) is 0 Å². The van der Waals surface area contributed by atoms with Crippen LogP contribution in [0.3, 0.4) is 0 Å². The van der Waals surface area contributed by atoms with Gasteiger partial charge in [-0.05, 0) is 25.7 Å². The van der Waals surface area contributed by atoms with E-state index in [4.69, 9.17) is 14.2 Å². The van der Waals surface area contributed by atoms with Crippen LogP contribution in [0.4, 0.5) is 0 Å². The Labute approximate surface area is 145 Å². The number of rotatable bonds is 17. The van der Waals surface area contributed by atoms with Crippen LogP contribution in [-0.2, 0) is 14.2 Å². The number of hydrogen-bond donors (Lipinski definition) is 0. The maximum atomic E-state index is 6.10. The summed E-state index contributed by atoms with van der Waals surface area (Å²) < 4.78 is 18.3. The first kappa shape index (κ1) is 22.9. The Balaban J connectivity index is 4.50. The number of unbranched alkanes of at least 4 members (excludes halogenated alkanes) is 5. The van der Waals surface area contributed by atoms with E-state index in [2.05, 4.69) is 34.6 Å². The SMILES string of the molecule is CCCCCCCCC(C)C(OCCC)(OCCC)OCCC. The van der Waals surface area contributed by atoms with Crippen molar-refractivity contribution in [2.24, 2.45) is 5.92 Å². The van der Waals surface area contributed by atoms with Gasteiger partial charge in [-0.25, -0.2) is 0 Å². The predicted octanol–water partition coefficient (Wildman–Crippen LogP) is 6.31. The second-order valence-electron chi connectivity index (χ2n) is 6.61. The van der Waals surface area contributed by atoms with Crippen LogP contribution in [-0.4, -0.2) is 25.8 Å². The summed E-state index contributed by atoms with van der Waals surface area (Å²) in [4.78, 5) is 0. The van der Waals surface area contributed by atoms with Gasteiger partial charge in [-0.1, -0.05) is 73.1 Å². The second kappa shape index (κ2) is 15.4.